The topological polar surface area (TPSA) is 20.3 Å². The number of likely N-dealkylation sites (tertiary alicyclic amines) is 1. The molecule has 100 valence electrons. The summed E-state index contributed by atoms with van der Waals surface area (Å²) in [5.41, 5.74) is 0.423. The van der Waals surface area contributed by atoms with Crippen molar-refractivity contribution >= 4 is 5.78 Å². The van der Waals surface area contributed by atoms with E-state index in [4.69, 9.17) is 0 Å². The number of hydrogen-bond acceptors (Lipinski definition) is 2. The Hall–Kier alpha value is -0.370. The summed E-state index contributed by atoms with van der Waals surface area (Å²) in [6, 6.07) is 0. The molecule has 1 saturated heterocycles. The fourth-order valence-electron chi connectivity index (χ4n) is 2.56. The van der Waals surface area contributed by atoms with Gasteiger partial charge in [-0.2, -0.15) is 0 Å². The molecule has 0 saturated carbocycles. The molecule has 0 bridgehead atoms. The maximum Gasteiger partial charge on any atom is 0.149 e. The Bertz CT molecular complexity index is 246. The quantitative estimate of drug-likeness (QED) is 0.750. The van der Waals surface area contributed by atoms with E-state index < -0.39 is 0 Å². The normalized spacial score (nSPS) is 21.5. The van der Waals surface area contributed by atoms with Crippen LogP contribution in [0, 0.1) is 17.3 Å². The Morgan fingerprint density at radius 2 is 1.82 bits per heavy atom. The number of Topliss-reactive ketones (excluding diaryl/α,β-unsaturated/α-hetero) is 1. The largest absolute Gasteiger partial charge is 0.298 e. The van der Waals surface area contributed by atoms with Crippen molar-refractivity contribution in [3.63, 3.8) is 0 Å². The molecule has 17 heavy (non-hydrogen) atoms. The van der Waals surface area contributed by atoms with E-state index in [1.165, 1.54) is 12.8 Å². The summed E-state index contributed by atoms with van der Waals surface area (Å²) in [4.78, 5) is 14.2. The first-order valence-corrected chi connectivity index (χ1v) is 7.09. The van der Waals surface area contributed by atoms with Crippen molar-refractivity contribution in [2.45, 2.75) is 53.9 Å². The van der Waals surface area contributed by atoms with Gasteiger partial charge in [-0.1, -0.05) is 34.6 Å². The van der Waals surface area contributed by atoms with Gasteiger partial charge in [-0.25, -0.2) is 0 Å². The Balaban J connectivity index is 2.35. The molecule has 1 heterocycles. The number of rotatable bonds is 4. The fraction of sp³-hybridized carbons (Fsp3) is 0.933. The van der Waals surface area contributed by atoms with E-state index in [1.54, 1.807) is 0 Å². The highest BCUT2D eigenvalue weighted by Crippen LogP contribution is 2.34. The number of piperidine rings is 1. The van der Waals surface area contributed by atoms with E-state index in [0.29, 0.717) is 17.7 Å². The van der Waals surface area contributed by atoms with Gasteiger partial charge in [0.05, 0.1) is 6.54 Å². The summed E-state index contributed by atoms with van der Waals surface area (Å²) in [7, 11) is 0. The number of hydrogen-bond donors (Lipinski definition) is 0. The van der Waals surface area contributed by atoms with Crippen LogP contribution < -0.4 is 0 Å². The third-order valence-electron chi connectivity index (χ3n) is 4.35. The van der Waals surface area contributed by atoms with Gasteiger partial charge >= 0.3 is 0 Å². The minimum Gasteiger partial charge on any atom is -0.298 e. The third-order valence-corrected chi connectivity index (χ3v) is 4.35. The summed E-state index contributed by atoms with van der Waals surface area (Å²) in [5.74, 6) is 1.47. The molecule has 1 fully saturated rings. The molecular weight excluding hydrogens is 210 g/mol. The Morgan fingerprint density at radius 3 is 2.24 bits per heavy atom. The van der Waals surface area contributed by atoms with Crippen molar-refractivity contribution < 1.29 is 4.79 Å². The van der Waals surface area contributed by atoms with Crippen LogP contribution in [0.2, 0.25) is 0 Å². The molecule has 2 heteroatoms. The number of ketones is 1. The molecule has 0 aromatic carbocycles. The third kappa shape index (κ3) is 4.42. The molecule has 0 amide bonds. The van der Waals surface area contributed by atoms with E-state index in [9.17, 15) is 4.79 Å². The molecule has 1 unspecified atom stereocenters. The van der Waals surface area contributed by atoms with Crippen LogP contribution in [-0.2, 0) is 4.79 Å². The van der Waals surface area contributed by atoms with Gasteiger partial charge in [0.15, 0.2) is 0 Å². The van der Waals surface area contributed by atoms with Gasteiger partial charge in [0, 0.05) is 5.92 Å². The van der Waals surface area contributed by atoms with Crippen LogP contribution in [-0.4, -0.2) is 30.3 Å². The maximum absolute atomic E-state index is 11.9. The Kier molecular flexibility index (Phi) is 5.18. The highest BCUT2D eigenvalue weighted by Gasteiger charge is 2.29. The predicted molar refractivity (Wildman–Crippen MR) is 73.1 cm³/mol. The second-order valence-corrected chi connectivity index (χ2v) is 6.69. The molecule has 1 atom stereocenters. The van der Waals surface area contributed by atoms with Gasteiger partial charge in [0.1, 0.15) is 5.78 Å². The standard InChI is InChI=1S/C15H29NO/c1-6-12(2)14(17)11-16-9-7-13(8-10-16)15(3,4)5/h12-13H,6-11H2,1-5H3. The molecule has 0 aliphatic carbocycles. The van der Waals surface area contributed by atoms with Crippen molar-refractivity contribution in [1.82, 2.24) is 4.90 Å². The van der Waals surface area contributed by atoms with Crippen molar-refractivity contribution in [1.29, 1.82) is 0 Å². The fourth-order valence-corrected chi connectivity index (χ4v) is 2.56. The SMILES string of the molecule is CCC(C)C(=O)CN1CCC(C(C)(C)C)CC1. The van der Waals surface area contributed by atoms with Gasteiger partial charge in [0.2, 0.25) is 0 Å². The summed E-state index contributed by atoms with van der Waals surface area (Å²) in [6.45, 7) is 14.0. The minimum absolute atomic E-state index is 0.232. The highest BCUT2D eigenvalue weighted by molar-refractivity contribution is 5.82. The zero-order chi connectivity index (χ0) is 13.1. The molecule has 0 spiro atoms. The predicted octanol–water partition coefficient (Wildman–Crippen LogP) is 3.36. The molecule has 1 aliphatic heterocycles. The van der Waals surface area contributed by atoms with Gasteiger partial charge in [-0.3, -0.25) is 9.69 Å². The van der Waals surface area contributed by atoms with Crippen LogP contribution in [0.4, 0.5) is 0 Å². The lowest BCUT2D eigenvalue weighted by Crippen LogP contribution is -2.41. The van der Waals surface area contributed by atoms with E-state index in [1.807, 2.05) is 6.92 Å². The zero-order valence-corrected chi connectivity index (χ0v) is 12.3. The lowest BCUT2D eigenvalue weighted by Gasteiger charge is -2.38. The van der Waals surface area contributed by atoms with E-state index >= 15 is 0 Å². The molecule has 0 aromatic rings. The van der Waals surface area contributed by atoms with E-state index in [2.05, 4.69) is 32.6 Å². The van der Waals surface area contributed by atoms with Crippen molar-refractivity contribution in [2.24, 2.45) is 17.3 Å². The van der Waals surface area contributed by atoms with Crippen LogP contribution in [0.5, 0.6) is 0 Å². The Labute approximate surface area is 107 Å². The van der Waals surface area contributed by atoms with Crippen molar-refractivity contribution in [2.75, 3.05) is 19.6 Å². The number of nitrogens with zero attached hydrogens (tertiary/aromatic N) is 1. The first-order chi connectivity index (χ1) is 7.84. The number of carbonyl (C=O) groups is 1. The molecule has 0 aromatic heterocycles. The monoisotopic (exact) mass is 239 g/mol. The average molecular weight is 239 g/mol. The van der Waals surface area contributed by atoms with Gasteiger partial charge in [-0.05, 0) is 43.7 Å². The van der Waals surface area contributed by atoms with Crippen LogP contribution in [0.1, 0.15) is 53.9 Å². The second kappa shape index (κ2) is 5.99. The smallest absolute Gasteiger partial charge is 0.149 e. The summed E-state index contributed by atoms with van der Waals surface area (Å²) in [6.07, 6.45) is 3.46. The van der Waals surface area contributed by atoms with Crippen LogP contribution in [0.15, 0.2) is 0 Å². The Morgan fingerprint density at radius 1 is 1.29 bits per heavy atom. The lowest BCUT2D eigenvalue weighted by molar-refractivity contribution is -0.124. The number of carbonyl (C=O) groups excluding carboxylic acids is 1. The molecule has 0 N–H and O–H groups in total. The molecule has 1 aliphatic rings. The molecular formula is C15H29NO. The van der Waals surface area contributed by atoms with Crippen molar-refractivity contribution in [3.8, 4) is 0 Å². The van der Waals surface area contributed by atoms with Gasteiger partial charge in [-0.15, -0.1) is 0 Å². The van der Waals surface area contributed by atoms with Gasteiger partial charge in [0.25, 0.3) is 0 Å². The highest BCUT2D eigenvalue weighted by atomic mass is 16.1. The van der Waals surface area contributed by atoms with E-state index in [-0.39, 0.29) is 5.92 Å². The zero-order valence-electron chi connectivity index (χ0n) is 12.3. The van der Waals surface area contributed by atoms with Crippen LogP contribution >= 0.6 is 0 Å². The van der Waals surface area contributed by atoms with Crippen molar-refractivity contribution in [3.05, 3.63) is 0 Å². The summed E-state index contributed by atoms with van der Waals surface area (Å²) in [5, 5.41) is 0. The minimum atomic E-state index is 0.232. The molecule has 0 radical (unpaired) electrons. The van der Waals surface area contributed by atoms with Crippen LogP contribution in [0.25, 0.3) is 0 Å². The van der Waals surface area contributed by atoms with Crippen LogP contribution in [0.3, 0.4) is 0 Å². The summed E-state index contributed by atoms with van der Waals surface area (Å²) >= 11 is 0. The summed E-state index contributed by atoms with van der Waals surface area (Å²) < 4.78 is 0. The van der Waals surface area contributed by atoms with Gasteiger partial charge < -0.3 is 0 Å². The molecule has 2 nitrogen and oxygen atoms in total. The maximum atomic E-state index is 11.9. The van der Waals surface area contributed by atoms with E-state index in [0.717, 1.165) is 25.4 Å². The first kappa shape index (κ1) is 14.7. The first-order valence-electron chi connectivity index (χ1n) is 7.09. The lowest BCUT2D eigenvalue weighted by atomic mass is 9.75. The molecule has 1 rings (SSSR count). The second-order valence-electron chi connectivity index (χ2n) is 6.69. The average Bonchev–Trinajstić information content (AvgIpc) is 2.27.